The molecular weight excluding hydrogens is 366 g/mol. The summed E-state index contributed by atoms with van der Waals surface area (Å²) in [7, 11) is 0. The minimum absolute atomic E-state index is 0.249. The van der Waals surface area contributed by atoms with Crippen molar-refractivity contribution in [3.8, 4) is 5.75 Å². The summed E-state index contributed by atoms with van der Waals surface area (Å²) >= 11 is 2.96. The van der Waals surface area contributed by atoms with E-state index in [0.717, 1.165) is 15.7 Å². The molecule has 0 unspecified atom stereocenters. The van der Waals surface area contributed by atoms with Crippen LogP contribution in [-0.4, -0.2) is 22.2 Å². The molecule has 0 radical (unpaired) electrons. The van der Waals surface area contributed by atoms with Gasteiger partial charge in [0.25, 0.3) is 5.91 Å². The third kappa shape index (κ3) is 5.31. The average molecular weight is 386 g/mol. The first kappa shape index (κ1) is 18.4. The van der Waals surface area contributed by atoms with Crippen LogP contribution in [0.2, 0.25) is 0 Å². The molecule has 3 aromatic rings. The molecule has 0 aliphatic rings. The number of benzene rings is 2. The number of anilines is 1. The molecule has 0 saturated heterocycles. The molecular formula is C19H19N3O2S2. The molecule has 0 saturated carbocycles. The van der Waals surface area contributed by atoms with Crippen molar-refractivity contribution in [2.45, 2.75) is 30.0 Å². The lowest BCUT2D eigenvalue weighted by Crippen LogP contribution is -2.30. The van der Waals surface area contributed by atoms with Gasteiger partial charge < -0.3 is 4.74 Å². The number of thioether (sulfide) groups is 1. The number of amides is 1. The van der Waals surface area contributed by atoms with E-state index >= 15 is 0 Å². The Morgan fingerprint density at radius 2 is 1.88 bits per heavy atom. The number of carbonyl (C=O) groups is 1. The highest BCUT2D eigenvalue weighted by Crippen LogP contribution is 2.28. The first-order chi connectivity index (χ1) is 12.6. The average Bonchev–Trinajstić information content (AvgIpc) is 3.10. The predicted molar refractivity (Wildman–Crippen MR) is 106 cm³/mol. The Morgan fingerprint density at radius 1 is 1.15 bits per heavy atom. The molecule has 0 bridgehead atoms. The van der Waals surface area contributed by atoms with E-state index in [4.69, 9.17) is 4.74 Å². The molecule has 1 amide bonds. The lowest BCUT2D eigenvalue weighted by molar-refractivity contribution is -0.122. The number of aryl methyl sites for hydroxylation is 1. The van der Waals surface area contributed by atoms with Gasteiger partial charge in [0, 0.05) is 5.75 Å². The van der Waals surface area contributed by atoms with Crippen LogP contribution in [0.5, 0.6) is 5.75 Å². The van der Waals surface area contributed by atoms with Gasteiger partial charge in [0.15, 0.2) is 10.4 Å². The molecule has 0 aliphatic heterocycles. The van der Waals surface area contributed by atoms with Crippen LogP contribution in [-0.2, 0) is 10.5 Å². The molecule has 2 aromatic carbocycles. The summed E-state index contributed by atoms with van der Waals surface area (Å²) in [5.74, 6) is 1.23. The van der Waals surface area contributed by atoms with Crippen LogP contribution < -0.4 is 10.1 Å². The van der Waals surface area contributed by atoms with E-state index in [2.05, 4.69) is 27.6 Å². The lowest BCUT2D eigenvalue weighted by atomic mass is 10.2. The zero-order valence-electron chi connectivity index (χ0n) is 14.5. The molecule has 26 heavy (non-hydrogen) atoms. The molecule has 0 spiro atoms. The van der Waals surface area contributed by atoms with Crippen LogP contribution in [0.1, 0.15) is 18.1 Å². The summed E-state index contributed by atoms with van der Waals surface area (Å²) in [5, 5.41) is 11.4. The molecule has 7 heteroatoms. The second kappa shape index (κ2) is 8.82. The Bertz CT molecular complexity index is 851. The Hall–Kier alpha value is -2.38. The maximum absolute atomic E-state index is 12.3. The van der Waals surface area contributed by atoms with Gasteiger partial charge in [-0.25, -0.2) is 0 Å². The van der Waals surface area contributed by atoms with E-state index < -0.39 is 6.10 Å². The molecule has 134 valence electrons. The molecule has 0 aliphatic carbocycles. The standard InChI is InChI=1S/C19H19N3O2S2/c1-13-8-10-16(11-9-13)24-14(2)17(23)20-18-21-22-19(26-18)25-12-15-6-4-3-5-7-15/h3-11,14H,12H2,1-2H3,(H,20,21,23)/t14-/m1/s1. The third-order valence-electron chi connectivity index (χ3n) is 3.54. The van der Waals surface area contributed by atoms with Gasteiger partial charge in [-0.2, -0.15) is 0 Å². The number of carbonyl (C=O) groups excluding carboxylic acids is 1. The normalized spacial score (nSPS) is 11.8. The van der Waals surface area contributed by atoms with E-state index in [1.807, 2.05) is 49.4 Å². The number of nitrogens with one attached hydrogen (secondary N) is 1. The highest BCUT2D eigenvalue weighted by Gasteiger charge is 2.17. The van der Waals surface area contributed by atoms with E-state index in [1.54, 1.807) is 18.7 Å². The van der Waals surface area contributed by atoms with Gasteiger partial charge in [0.1, 0.15) is 5.75 Å². The summed E-state index contributed by atoms with van der Waals surface area (Å²) in [4.78, 5) is 12.3. The molecule has 0 fully saturated rings. The lowest BCUT2D eigenvalue weighted by Gasteiger charge is -2.13. The van der Waals surface area contributed by atoms with Gasteiger partial charge in [-0.3, -0.25) is 10.1 Å². The van der Waals surface area contributed by atoms with Gasteiger partial charge in [0.2, 0.25) is 5.13 Å². The van der Waals surface area contributed by atoms with E-state index in [1.165, 1.54) is 16.9 Å². The minimum atomic E-state index is -0.623. The van der Waals surface area contributed by atoms with Crippen molar-refractivity contribution in [2.24, 2.45) is 0 Å². The fraction of sp³-hybridized carbons (Fsp3) is 0.211. The molecule has 1 atom stereocenters. The van der Waals surface area contributed by atoms with Crippen molar-refractivity contribution in [1.82, 2.24) is 10.2 Å². The van der Waals surface area contributed by atoms with Crippen molar-refractivity contribution in [1.29, 1.82) is 0 Å². The SMILES string of the molecule is Cc1ccc(O[C@H](C)C(=O)Nc2nnc(SCc3ccccc3)s2)cc1. The van der Waals surface area contributed by atoms with Gasteiger partial charge in [0.05, 0.1) is 0 Å². The largest absolute Gasteiger partial charge is 0.481 e. The summed E-state index contributed by atoms with van der Waals surface area (Å²) in [6.45, 7) is 3.71. The van der Waals surface area contributed by atoms with Gasteiger partial charge >= 0.3 is 0 Å². The Labute approximate surface area is 160 Å². The first-order valence-corrected chi connectivity index (χ1v) is 9.95. The summed E-state index contributed by atoms with van der Waals surface area (Å²) in [5.41, 5.74) is 2.36. The quantitative estimate of drug-likeness (QED) is 0.478. The van der Waals surface area contributed by atoms with Gasteiger partial charge in [-0.15, -0.1) is 10.2 Å². The Balaban J connectivity index is 1.51. The fourth-order valence-corrected chi connectivity index (χ4v) is 3.83. The van der Waals surface area contributed by atoms with Crippen LogP contribution in [0.25, 0.3) is 0 Å². The van der Waals surface area contributed by atoms with Crippen LogP contribution in [0, 0.1) is 6.92 Å². The number of rotatable bonds is 7. The maximum Gasteiger partial charge on any atom is 0.266 e. The van der Waals surface area contributed by atoms with Crippen LogP contribution in [0.3, 0.4) is 0 Å². The first-order valence-electron chi connectivity index (χ1n) is 8.14. The van der Waals surface area contributed by atoms with Crippen LogP contribution in [0.15, 0.2) is 58.9 Å². The molecule has 1 aromatic heterocycles. The number of nitrogens with zero attached hydrogens (tertiary/aromatic N) is 2. The monoisotopic (exact) mass is 385 g/mol. The maximum atomic E-state index is 12.3. The molecule has 1 heterocycles. The topological polar surface area (TPSA) is 64.1 Å². The third-order valence-corrected chi connectivity index (χ3v) is 5.59. The number of hydrogen-bond acceptors (Lipinski definition) is 6. The Kier molecular flexibility index (Phi) is 6.25. The fourth-order valence-electron chi connectivity index (χ4n) is 2.12. The highest BCUT2D eigenvalue weighted by atomic mass is 32.2. The second-order valence-corrected chi connectivity index (χ2v) is 7.91. The smallest absolute Gasteiger partial charge is 0.266 e. The van der Waals surface area contributed by atoms with E-state index in [-0.39, 0.29) is 5.91 Å². The zero-order chi connectivity index (χ0) is 18.4. The highest BCUT2D eigenvalue weighted by molar-refractivity contribution is 8.00. The van der Waals surface area contributed by atoms with Crippen molar-refractivity contribution >= 4 is 34.1 Å². The van der Waals surface area contributed by atoms with Crippen molar-refractivity contribution in [2.75, 3.05) is 5.32 Å². The number of hydrogen-bond donors (Lipinski definition) is 1. The second-order valence-electron chi connectivity index (χ2n) is 5.71. The summed E-state index contributed by atoms with van der Waals surface area (Å²) < 4.78 is 6.47. The van der Waals surface area contributed by atoms with Crippen LogP contribution in [0.4, 0.5) is 5.13 Å². The predicted octanol–water partition coefficient (Wildman–Crippen LogP) is 4.54. The zero-order valence-corrected chi connectivity index (χ0v) is 16.1. The number of aromatic nitrogens is 2. The molecule has 1 N–H and O–H groups in total. The van der Waals surface area contributed by atoms with Crippen LogP contribution >= 0.6 is 23.1 Å². The van der Waals surface area contributed by atoms with Gasteiger partial charge in [-0.1, -0.05) is 71.1 Å². The van der Waals surface area contributed by atoms with Crippen molar-refractivity contribution in [3.63, 3.8) is 0 Å². The van der Waals surface area contributed by atoms with Crippen molar-refractivity contribution in [3.05, 3.63) is 65.7 Å². The van der Waals surface area contributed by atoms with E-state index in [9.17, 15) is 4.79 Å². The van der Waals surface area contributed by atoms with Gasteiger partial charge in [-0.05, 0) is 31.5 Å². The van der Waals surface area contributed by atoms with E-state index in [0.29, 0.717) is 10.9 Å². The summed E-state index contributed by atoms with van der Waals surface area (Å²) in [6, 6.07) is 17.7. The Morgan fingerprint density at radius 3 is 2.62 bits per heavy atom. The minimum Gasteiger partial charge on any atom is -0.481 e. The van der Waals surface area contributed by atoms with Crippen molar-refractivity contribution < 1.29 is 9.53 Å². The number of ether oxygens (including phenoxy) is 1. The molecule has 5 nitrogen and oxygen atoms in total. The molecule has 3 rings (SSSR count). The summed E-state index contributed by atoms with van der Waals surface area (Å²) in [6.07, 6.45) is -0.623.